The normalized spacial score (nSPS) is 19.8. The van der Waals surface area contributed by atoms with Crippen LogP contribution in [0.3, 0.4) is 0 Å². The lowest BCUT2D eigenvalue weighted by molar-refractivity contribution is -0.140. The molecular formula is C19H26BrNO5. The van der Waals surface area contributed by atoms with E-state index in [1.165, 1.54) is 7.11 Å². The first kappa shape index (κ1) is 20.6. The largest absolute Gasteiger partial charge is 0.492 e. The highest BCUT2D eigenvalue weighted by molar-refractivity contribution is 9.10. The molecule has 1 aliphatic rings. The molecule has 0 spiro atoms. The van der Waals surface area contributed by atoms with Gasteiger partial charge < -0.3 is 19.1 Å². The molecule has 0 radical (unpaired) electrons. The van der Waals surface area contributed by atoms with Gasteiger partial charge in [-0.25, -0.2) is 4.79 Å². The van der Waals surface area contributed by atoms with E-state index in [1.54, 1.807) is 12.1 Å². The maximum Gasteiger partial charge on any atom is 0.338 e. The summed E-state index contributed by atoms with van der Waals surface area (Å²) >= 11 is 3.37. The lowest BCUT2D eigenvalue weighted by atomic mass is 9.97. The molecule has 2 rings (SSSR count). The molecule has 0 aliphatic carbocycles. The summed E-state index contributed by atoms with van der Waals surface area (Å²) in [5.41, 5.74) is 0.300. The summed E-state index contributed by atoms with van der Waals surface area (Å²) in [6.07, 6.45) is 3.08. The van der Waals surface area contributed by atoms with E-state index in [-0.39, 0.29) is 24.6 Å². The summed E-state index contributed by atoms with van der Waals surface area (Å²) in [7, 11) is 1.53. The van der Waals surface area contributed by atoms with E-state index in [4.69, 9.17) is 14.2 Å². The predicted molar refractivity (Wildman–Crippen MR) is 102 cm³/mol. The zero-order chi connectivity index (χ0) is 19.3. The highest BCUT2D eigenvalue weighted by Crippen LogP contribution is 2.36. The second-order valence-electron chi connectivity index (χ2n) is 6.43. The Morgan fingerprint density at radius 1 is 1.23 bits per heavy atom. The molecule has 0 N–H and O–H groups in total. The molecule has 144 valence electrons. The van der Waals surface area contributed by atoms with Crippen molar-refractivity contribution in [3.05, 3.63) is 22.2 Å². The number of likely N-dealkylation sites (tertiary alicyclic amines) is 1. The Morgan fingerprint density at radius 3 is 2.46 bits per heavy atom. The number of ether oxygens (including phenoxy) is 3. The second kappa shape index (κ2) is 9.26. The fourth-order valence-corrected chi connectivity index (χ4v) is 3.95. The van der Waals surface area contributed by atoms with Crippen LogP contribution in [0.4, 0.5) is 0 Å². The van der Waals surface area contributed by atoms with Crippen LogP contribution in [-0.2, 0) is 9.53 Å². The number of esters is 1. The molecular weight excluding hydrogens is 402 g/mol. The first-order valence-corrected chi connectivity index (χ1v) is 9.66. The maximum absolute atomic E-state index is 12.5. The highest BCUT2D eigenvalue weighted by Gasteiger charge is 2.29. The van der Waals surface area contributed by atoms with E-state index < -0.39 is 5.97 Å². The number of piperidine rings is 1. The molecule has 2 atom stereocenters. The van der Waals surface area contributed by atoms with Gasteiger partial charge >= 0.3 is 5.97 Å². The molecule has 0 saturated carbocycles. The molecule has 2 unspecified atom stereocenters. The third kappa shape index (κ3) is 4.69. The minimum Gasteiger partial charge on any atom is -0.492 e. The molecule has 1 fully saturated rings. The molecule has 0 aromatic heterocycles. The van der Waals surface area contributed by atoms with Crippen LogP contribution in [0.2, 0.25) is 0 Å². The van der Waals surface area contributed by atoms with Gasteiger partial charge in [0, 0.05) is 12.1 Å². The van der Waals surface area contributed by atoms with E-state index in [9.17, 15) is 9.59 Å². The van der Waals surface area contributed by atoms with E-state index in [0.717, 1.165) is 19.3 Å². The van der Waals surface area contributed by atoms with Crippen molar-refractivity contribution in [1.29, 1.82) is 0 Å². The molecule has 1 aromatic carbocycles. The molecule has 1 aromatic rings. The fourth-order valence-electron chi connectivity index (χ4n) is 3.34. The summed E-state index contributed by atoms with van der Waals surface area (Å²) in [5.74, 6) is 0.229. The van der Waals surface area contributed by atoms with Crippen LogP contribution in [-0.4, -0.2) is 49.2 Å². The highest BCUT2D eigenvalue weighted by atomic mass is 79.9. The molecule has 1 saturated heterocycles. The standard InChI is InChI=1S/C19H26BrNO5/c1-5-25-16-10-14(9-15(20)18(16)24-4)19(23)26-11-17(22)21-12(2)7-6-8-13(21)3/h9-10,12-13H,5-8,11H2,1-4H3. The number of amides is 1. The summed E-state index contributed by atoms with van der Waals surface area (Å²) in [4.78, 5) is 26.7. The Bertz CT molecular complexity index is 654. The van der Waals surface area contributed by atoms with E-state index in [2.05, 4.69) is 15.9 Å². The van der Waals surface area contributed by atoms with Crippen LogP contribution in [0.1, 0.15) is 50.4 Å². The van der Waals surface area contributed by atoms with Crippen molar-refractivity contribution >= 4 is 27.8 Å². The average molecular weight is 428 g/mol. The van der Waals surface area contributed by atoms with Crippen molar-refractivity contribution in [3.8, 4) is 11.5 Å². The fraction of sp³-hybridized carbons (Fsp3) is 0.579. The predicted octanol–water partition coefficient (Wildman–Crippen LogP) is 3.80. The number of methoxy groups -OCH3 is 1. The smallest absolute Gasteiger partial charge is 0.338 e. The molecule has 1 heterocycles. The van der Waals surface area contributed by atoms with E-state index in [0.29, 0.717) is 28.1 Å². The van der Waals surface area contributed by atoms with Gasteiger partial charge in [-0.1, -0.05) is 0 Å². The van der Waals surface area contributed by atoms with Crippen molar-refractivity contribution in [2.45, 2.75) is 52.1 Å². The van der Waals surface area contributed by atoms with Gasteiger partial charge in [0.1, 0.15) is 0 Å². The minimum absolute atomic E-state index is 0.157. The zero-order valence-corrected chi connectivity index (χ0v) is 17.3. The number of hydrogen-bond acceptors (Lipinski definition) is 5. The maximum atomic E-state index is 12.5. The average Bonchev–Trinajstić information content (AvgIpc) is 2.59. The Morgan fingerprint density at radius 2 is 1.88 bits per heavy atom. The summed E-state index contributed by atoms with van der Waals surface area (Å²) < 4.78 is 16.6. The first-order chi connectivity index (χ1) is 12.4. The third-order valence-electron chi connectivity index (χ3n) is 4.56. The van der Waals surface area contributed by atoms with Crippen molar-refractivity contribution < 1.29 is 23.8 Å². The van der Waals surface area contributed by atoms with Crippen molar-refractivity contribution in [1.82, 2.24) is 4.90 Å². The molecule has 0 bridgehead atoms. The number of benzene rings is 1. The third-order valence-corrected chi connectivity index (χ3v) is 5.15. The minimum atomic E-state index is -0.569. The second-order valence-corrected chi connectivity index (χ2v) is 7.28. The van der Waals surface area contributed by atoms with Gasteiger partial charge in [0.2, 0.25) is 0 Å². The van der Waals surface area contributed by atoms with Gasteiger partial charge in [-0.2, -0.15) is 0 Å². The molecule has 1 amide bonds. The lowest BCUT2D eigenvalue weighted by Crippen LogP contribution is -2.49. The Kier molecular flexibility index (Phi) is 7.32. The lowest BCUT2D eigenvalue weighted by Gasteiger charge is -2.38. The number of carbonyl (C=O) groups excluding carboxylic acids is 2. The van der Waals surface area contributed by atoms with Crippen molar-refractivity contribution in [3.63, 3.8) is 0 Å². The number of nitrogens with zero attached hydrogens (tertiary/aromatic N) is 1. The Balaban J connectivity index is 2.06. The summed E-state index contributed by atoms with van der Waals surface area (Å²) in [5, 5.41) is 0. The van der Waals surface area contributed by atoms with Crippen LogP contribution in [0.25, 0.3) is 0 Å². The first-order valence-electron chi connectivity index (χ1n) is 8.87. The summed E-state index contributed by atoms with van der Waals surface area (Å²) in [6.45, 7) is 6.08. The van der Waals surface area contributed by atoms with Gasteiger partial charge in [0.05, 0.1) is 23.8 Å². The van der Waals surface area contributed by atoms with Gasteiger partial charge in [-0.3, -0.25) is 4.79 Å². The number of carbonyl (C=O) groups is 2. The molecule has 6 nitrogen and oxygen atoms in total. The Hall–Kier alpha value is -1.76. The van der Waals surface area contributed by atoms with Gasteiger partial charge in [0.25, 0.3) is 5.91 Å². The monoisotopic (exact) mass is 427 g/mol. The molecule has 1 aliphatic heterocycles. The summed E-state index contributed by atoms with van der Waals surface area (Å²) in [6, 6.07) is 3.50. The molecule has 7 heteroatoms. The Labute approximate surface area is 162 Å². The quantitative estimate of drug-likeness (QED) is 0.645. The van der Waals surface area contributed by atoms with E-state index in [1.807, 2.05) is 25.7 Å². The van der Waals surface area contributed by atoms with Crippen LogP contribution in [0.15, 0.2) is 16.6 Å². The van der Waals surface area contributed by atoms with Crippen LogP contribution >= 0.6 is 15.9 Å². The number of rotatable bonds is 6. The van der Waals surface area contributed by atoms with Crippen LogP contribution < -0.4 is 9.47 Å². The van der Waals surface area contributed by atoms with Crippen LogP contribution in [0, 0.1) is 0 Å². The number of halogens is 1. The van der Waals surface area contributed by atoms with Gasteiger partial charge in [-0.15, -0.1) is 0 Å². The van der Waals surface area contributed by atoms with Gasteiger partial charge in [0.15, 0.2) is 18.1 Å². The number of hydrogen-bond donors (Lipinski definition) is 0. The van der Waals surface area contributed by atoms with E-state index >= 15 is 0 Å². The van der Waals surface area contributed by atoms with Gasteiger partial charge in [-0.05, 0) is 68.1 Å². The topological polar surface area (TPSA) is 65.1 Å². The zero-order valence-electron chi connectivity index (χ0n) is 15.7. The molecule has 26 heavy (non-hydrogen) atoms. The SMILES string of the molecule is CCOc1cc(C(=O)OCC(=O)N2C(C)CCCC2C)cc(Br)c1OC. The van der Waals surface area contributed by atoms with Crippen molar-refractivity contribution in [2.24, 2.45) is 0 Å². The van der Waals surface area contributed by atoms with Crippen molar-refractivity contribution in [2.75, 3.05) is 20.3 Å². The van der Waals surface area contributed by atoms with Crippen LogP contribution in [0.5, 0.6) is 11.5 Å².